The van der Waals surface area contributed by atoms with Crippen molar-refractivity contribution in [1.29, 1.82) is 0 Å². The minimum Gasteiger partial charge on any atom is -0.462 e. The second-order valence-corrected chi connectivity index (χ2v) is 8.66. The summed E-state index contributed by atoms with van der Waals surface area (Å²) in [5.74, 6) is -0.770. The summed E-state index contributed by atoms with van der Waals surface area (Å²) in [6.45, 7) is 7.41. The van der Waals surface area contributed by atoms with E-state index in [4.69, 9.17) is 4.74 Å². The molecule has 0 unspecified atom stereocenters. The summed E-state index contributed by atoms with van der Waals surface area (Å²) in [6.07, 6.45) is 5.08. The number of hydrogen-bond donors (Lipinski definition) is 1. The van der Waals surface area contributed by atoms with Gasteiger partial charge in [0, 0.05) is 17.6 Å². The fourth-order valence-corrected chi connectivity index (χ4v) is 3.95. The lowest BCUT2D eigenvalue weighted by molar-refractivity contribution is -0.138. The number of benzene rings is 3. The molecule has 4 heteroatoms. The maximum atomic E-state index is 15.3. The first kappa shape index (κ1) is 25.4. The van der Waals surface area contributed by atoms with Crippen molar-refractivity contribution in [3.63, 3.8) is 0 Å². The Balaban J connectivity index is 1.82. The van der Waals surface area contributed by atoms with Crippen molar-refractivity contribution < 1.29 is 19.0 Å². The standard InChI is InChI=1S/C30H33FO3/c1-4-5-6-7-22-8-11-24(12-9-22)25-13-15-28(29(31)19-25)27-14-10-23(20-32)18-26(27)16-17-34-30(33)21(2)3/h8-15,18-19,32H,2,4-7,16-17,20H2,1,3H3. The highest BCUT2D eigenvalue weighted by Crippen LogP contribution is 2.31. The van der Waals surface area contributed by atoms with Gasteiger partial charge in [0.1, 0.15) is 5.82 Å². The third-order valence-electron chi connectivity index (χ3n) is 5.92. The van der Waals surface area contributed by atoms with Gasteiger partial charge in [-0.2, -0.15) is 0 Å². The highest BCUT2D eigenvalue weighted by atomic mass is 19.1. The summed E-state index contributed by atoms with van der Waals surface area (Å²) in [6, 6.07) is 19.0. The SMILES string of the molecule is C=C(C)C(=O)OCCc1cc(CO)ccc1-c1ccc(-c2ccc(CCCCC)cc2)cc1F. The van der Waals surface area contributed by atoms with Crippen LogP contribution in [0.15, 0.2) is 72.8 Å². The van der Waals surface area contributed by atoms with Crippen molar-refractivity contribution in [2.75, 3.05) is 6.61 Å². The van der Waals surface area contributed by atoms with Crippen molar-refractivity contribution in [3.05, 3.63) is 95.3 Å². The van der Waals surface area contributed by atoms with Crippen LogP contribution in [0.1, 0.15) is 49.8 Å². The molecular weight excluding hydrogens is 427 g/mol. The van der Waals surface area contributed by atoms with Crippen LogP contribution in [0.5, 0.6) is 0 Å². The van der Waals surface area contributed by atoms with Gasteiger partial charge in [-0.1, -0.05) is 80.9 Å². The number of unbranched alkanes of at least 4 members (excludes halogenated alkanes) is 2. The largest absolute Gasteiger partial charge is 0.462 e. The smallest absolute Gasteiger partial charge is 0.333 e. The minimum atomic E-state index is -0.452. The lowest BCUT2D eigenvalue weighted by Gasteiger charge is -2.14. The molecule has 0 heterocycles. The number of aliphatic hydroxyl groups excluding tert-OH is 1. The van der Waals surface area contributed by atoms with Gasteiger partial charge >= 0.3 is 5.97 Å². The molecule has 0 spiro atoms. The molecule has 0 saturated heterocycles. The van der Waals surface area contributed by atoms with Crippen LogP contribution in [0.25, 0.3) is 22.3 Å². The van der Waals surface area contributed by atoms with E-state index in [-0.39, 0.29) is 19.0 Å². The van der Waals surface area contributed by atoms with Gasteiger partial charge < -0.3 is 9.84 Å². The van der Waals surface area contributed by atoms with E-state index in [1.165, 1.54) is 24.8 Å². The molecule has 0 aliphatic heterocycles. The van der Waals surface area contributed by atoms with Crippen LogP contribution < -0.4 is 0 Å². The molecule has 3 nitrogen and oxygen atoms in total. The third kappa shape index (κ3) is 6.64. The Morgan fingerprint density at radius 3 is 2.24 bits per heavy atom. The number of ether oxygens (including phenoxy) is 1. The van der Waals surface area contributed by atoms with Crippen LogP contribution in [0.3, 0.4) is 0 Å². The molecule has 0 saturated carbocycles. The van der Waals surface area contributed by atoms with Crippen LogP contribution in [-0.4, -0.2) is 17.7 Å². The second-order valence-electron chi connectivity index (χ2n) is 8.66. The normalized spacial score (nSPS) is 10.8. The number of hydrogen-bond acceptors (Lipinski definition) is 3. The Hall–Kier alpha value is -3.24. The predicted octanol–water partition coefficient (Wildman–Crippen LogP) is 7.05. The zero-order valence-corrected chi connectivity index (χ0v) is 20.1. The molecule has 0 radical (unpaired) electrons. The average Bonchev–Trinajstić information content (AvgIpc) is 2.84. The van der Waals surface area contributed by atoms with Gasteiger partial charge in [-0.3, -0.25) is 0 Å². The van der Waals surface area contributed by atoms with Gasteiger partial charge in [0.2, 0.25) is 0 Å². The topological polar surface area (TPSA) is 46.5 Å². The lowest BCUT2D eigenvalue weighted by atomic mass is 9.93. The van der Waals surface area contributed by atoms with Crippen LogP contribution in [0.2, 0.25) is 0 Å². The zero-order chi connectivity index (χ0) is 24.5. The Kier molecular flexibility index (Phi) is 9.17. The van der Waals surface area contributed by atoms with E-state index in [1.807, 2.05) is 30.3 Å². The summed E-state index contributed by atoms with van der Waals surface area (Å²) >= 11 is 0. The van der Waals surface area contributed by atoms with Gasteiger partial charge in [0.05, 0.1) is 13.2 Å². The third-order valence-corrected chi connectivity index (χ3v) is 5.92. The van der Waals surface area contributed by atoms with Crippen LogP contribution in [0, 0.1) is 5.82 Å². The first-order valence-electron chi connectivity index (χ1n) is 11.9. The number of halogens is 1. The van der Waals surface area contributed by atoms with E-state index in [0.717, 1.165) is 34.2 Å². The number of carbonyl (C=O) groups is 1. The van der Waals surface area contributed by atoms with Crippen LogP contribution in [0.4, 0.5) is 4.39 Å². The van der Waals surface area contributed by atoms with E-state index >= 15 is 4.39 Å². The summed E-state index contributed by atoms with van der Waals surface area (Å²) in [5.41, 5.74) is 6.17. The number of aryl methyl sites for hydroxylation is 1. The number of carbonyl (C=O) groups excluding carboxylic acids is 1. The fraction of sp³-hybridized carbons (Fsp3) is 0.300. The van der Waals surface area contributed by atoms with Crippen LogP contribution in [-0.2, 0) is 29.0 Å². The maximum Gasteiger partial charge on any atom is 0.333 e. The summed E-state index contributed by atoms with van der Waals surface area (Å²) in [7, 11) is 0. The molecule has 1 N–H and O–H groups in total. The second kappa shape index (κ2) is 12.3. The van der Waals surface area contributed by atoms with E-state index in [1.54, 1.807) is 25.1 Å². The molecule has 0 amide bonds. The molecule has 34 heavy (non-hydrogen) atoms. The molecule has 0 bridgehead atoms. The Bertz CT molecular complexity index is 1130. The monoisotopic (exact) mass is 460 g/mol. The molecule has 0 aliphatic rings. The molecular formula is C30H33FO3. The number of rotatable bonds is 11. The molecule has 3 aromatic rings. The van der Waals surface area contributed by atoms with Gasteiger partial charge in [-0.15, -0.1) is 0 Å². The minimum absolute atomic E-state index is 0.116. The zero-order valence-electron chi connectivity index (χ0n) is 20.1. The van der Waals surface area contributed by atoms with Crippen molar-refractivity contribution in [3.8, 4) is 22.3 Å². The summed E-state index contributed by atoms with van der Waals surface area (Å²) in [4.78, 5) is 11.7. The van der Waals surface area contributed by atoms with E-state index in [2.05, 4.69) is 25.6 Å². The highest BCUT2D eigenvalue weighted by Gasteiger charge is 2.13. The molecule has 178 valence electrons. The Labute approximate surface area is 201 Å². The van der Waals surface area contributed by atoms with E-state index in [0.29, 0.717) is 17.6 Å². The first-order chi connectivity index (χ1) is 16.4. The molecule has 0 aliphatic carbocycles. The highest BCUT2D eigenvalue weighted by molar-refractivity contribution is 5.87. The molecule has 3 rings (SSSR count). The van der Waals surface area contributed by atoms with Gasteiger partial charge in [0.25, 0.3) is 0 Å². The van der Waals surface area contributed by atoms with Gasteiger partial charge in [0.15, 0.2) is 0 Å². The van der Waals surface area contributed by atoms with Crippen molar-refractivity contribution in [1.82, 2.24) is 0 Å². The molecule has 0 aromatic heterocycles. The number of esters is 1. The van der Waals surface area contributed by atoms with Crippen molar-refractivity contribution >= 4 is 5.97 Å². The summed E-state index contributed by atoms with van der Waals surface area (Å²) < 4.78 is 20.5. The average molecular weight is 461 g/mol. The quantitative estimate of drug-likeness (QED) is 0.189. The predicted molar refractivity (Wildman–Crippen MR) is 136 cm³/mol. The first-order valence-corrected chi connectivity index (χ1v) is 11.9. The van der Waals surface area contributed by atoms with Gasteiger partial charge in [-0.25, -0.2) is 9.18 Å². The van der Waals surface area contributed by atoms with Crippen LogP contribution >= 0.6 is 0 Å². The Morgan fingerprint density at radius 2 is 1.59 bits per heavy atom. The summed E-state index contributed by atoms with van der Waals surface area (Å²) in [5, 5.41) is 9.54. The number of aliphatic hydroxyl groups is 1. The molecule has 0 atom stereocenters. The Morgan fingerprint density at radius 1 is 0.912 bits per heavy atom. The van der Waals surface area contributed by atoms with Crippen molar-refractivity contribution in [2.45, 2.75) is 52.6 Å². The fourth-order valence-electron chi connectivity index (χ4n) is 3.95. The van der Waals surface area contributed by atoms with Gasteiger partial charge in [-0.05, 0) is 59.2 Å². The van der Waals surface area contributed by atoms with E-state index < -0.39 is 5.97 Å². The maximum absolute atomic E-state index is 15.3. The molecule has 0 fully saturated rings. The lowest BCUT2D eigenvalue weighted by Crippen LogP contribution is -2.09. The van der Waals surface area contributed by atoms with E-state index in [9.17, 15) is 9.90 Å². The van der Waals surface area contributed by atoms with Crippen molar-refractivity contribution in [2.24, 2.45) is 0 Å². The molecule has 3 aromatic carbocycles.